The number of piperidine rings is 1. The third-order valence-corrected chi connectivity index (χ3v) is 3.31. The summed E-state index contributed by atoms with van der Waals surface area (Å²) in [5, 5.41) is 0. The van der Waals surface area contributed by atoms with Crippen molar-refractivity contribution in [2.75, 3.05) is 19.6 Å². The topological polar surface area (TPSA) is 46.3 Å². The van der Waals surface area contributed by atoms with Gasteiger partial charge in [0.05, 0.1) is 0 Å². The first-order valence-corrected chi connectivity index (χ1v) is 5.95. The van der Waals surface area contributed by atoms with Gasteiger partial charge in [0.15, 0.2) is 0 Å². The molecule has 1 aromatic rings. The fraction of sp³-hybridized carbons (Fsp3) is 0.462. The number of carbonyl (C=O) groups is 1. The van der Waals surface area contributed by atoms with Gasteiger partial charge in [-0.3, -0.25) is 4.79 Å². The van der Waals surface area contributed by atoms with Gasteiger partial charge in [-0.2, -0.15) is 0 Å². The third kappa shape index (κ3) is 3.43. The molecule has 1 amide bonds. The summed E-state index contributed by atoms with van der Waals surface area (Å²) in [5.41, 5.74) is 6.03. The number of nitrogens with zero attached hydrogens (tertiary/aromatic N) is 1. The molecule has 2 rings (SSSR count). The normalized spacial score (nSPS) is 16.2. The Morgan fingerprint density at radius 2 is 2.06 bits per heavy atom. The van der Waals surface area contributed by atoms with E-state index in [2.05, 4.69) is 0 Å². The zero-order valence-corrected chi connectivity index (χ0v) is 11.0. The molecule has 1 aromatic carbocycles. The van der Waals surface area contributed by atoms with E-state index in [0.29, 0.717) is 18.0 Å². The number of hydrogen-bond acceptors (Lipinski definition) is 2. The maximum atomic E-state index is 13.0. The number of carbonyl (C=O) groups excluding carboxylic acids is 1. The van der Waals surface area contributed by atoms with Crippen molar-refractivity contribution in [1.29, 1.82) is 0 Å². The Bertz CT molecular complexity index is 406. The van der Waals surface area contributed by atoms with Crippen molar-refractivity contribution < 1.29 is 9.18 Å². The van der Waals surface area contributed by atoms with Crippen molar-refractivity contribution in [2.45, 2.75) is 12.8 Å². The summed E-state index contributed by atoms with van der Waals surface area (Å²) < 4.78 is 13.0. The van der Waals surface area contributed by atoms with Gasteiger partial charge in [0.2, 0.25) is 0 Å². The van der Waals surface area contributed by atoms with Crippen molar-refractivity contribution >= 4 is 18.3 Å². The lowest BCUT2D eigenvalue weighted by Crippen LogP contribution is -2.40. The number of nitrogens with two attached hydrogens (primary N) is 1. The van der Waals surface area contributed by atoms with Crippen LogP contribution in [0.2, 0.25) is 0 Å². The van der Waals surface area contributed by atoms with E-state index in [-0.39, 0.29) is 24.1 Å². The molecule has 0 radical (unpaired) electrons. The van der Waals surface area contributed by atoms with Gasteiger partial charge in [-0.1, -0.05) is 6.07 Å². The lowest BCUT2D eigenvalue weighted by molar-refractivity contribution is 0.0693. The van der Waals surface area contributed by atoms with Gasteiger partial charge in [-0.05, 0) is 43.5 Å². The van der Waals surface area contributed by atoms with Crippen molar-refractivity contribution in [2.24, 2.45) is 11.7 Å². The molecule has 0 unspecified atom stereocenters. The summed E-state index contributed by atoms with van der Waals surface area (Å²) in [6.07, 6.45) is 1.88. The lowest BCUT2D eigenvalue weighted by Gasteiger charge is -2.31. The molecule has 0 saturated carbocycles. The van der Waals surface area contributed by atoms with Gasteiger partial charge in [0.25, 0.3) is 5.91 Å². The molecular weight excluding hydrogens is 255 g/mol. The monoisotopic (exact) mass is 272 g/mol. The van der Waals surface area contributed by atoms with Gasteiger partial charge in [-0.15, -0.1) is 12.4 Å². The molecule has 0 aromatic heterocycles. The highest BCUT2D eigenvalue weighted by atomic mass is 35.5. The molecule has 0 atom stereocenters. The van der Waals surface area contributed by atoms with Crippen LogP contribution in [-0.4, -0.2) is 30.4 Å². The Morgan fingerprint density at radius 3 is 2.61 bits per heavy atom. The molecule has 1 heterocycles. The molecule has 5 heteroatoms. The molecule has 0 spiro atoms. The summed E-state index contributed by atoms with van der Waals surface area (Å²) >= 11 is 0. The summed E-state index contributed by atoms with van der Waals surface area (Å²) in [7, 11) is 0. The van der Waals surface area contributed by atoms with E-state index in [1.54, 1.807) is 17.0 Å². The van der Waals surface area contributed by atoms with E-state index in [9.17, 15) is 9.18 Å². The second kappa shape index (κ2) is 6.71. The number of likely N-dealkylation sites (tertiary alicyclic amines) is 1. The Kier molecular flexibility index (Phi) is 5.56. The standard InChI is InChI=1S/C13H17FN2O.ClH/c14-12-3-1-2-11(8-12)13(17)16-6-4-10(9-15)5-7-16;/h1-3,8,10H,4-7,9,15H2;1H. The second-order valence-corrected chi connectivity index (χ2v) is 4.48. The zero-order valence-electron chi connectivity index (χ0n) is 10.1. The fourth-order valence-corrected chi connectivity index (χ4v) is 2.18. The predicted molar refractivity (Wildman–Crippen MR) is 71.3 cm³/mol. The number of rotatable bonds is 2. The van der Waals surface area contributed by atoms with Crippen LogP contribution in [0.25, 0.3) is 0 Å². The molecule has 100 valence electrons. The van der Waals surface area contributed by atoms with Crippen LogP contribution in [0.3, 0.4) is 0 Å². The fourth-order valence-electron chi connectivity index (χ4n) is 2.18. The van der Waals surface area contributed by atoms with Crippen molar-refractivity contribution in [3.63, 3.8) is 0 Å². The first-order valence-electron chi connectivity index (χ1n) is 5.95. The van der Waals surface area contributed by atoms with Gasteiger partial charge in [0, 0.05) is 18.7 Å². The maximum Gasteiger partial charge on any atom is 0.253 e. The van der Waals surface area contributed by atoms with E-state index in [1.165, 1.54) is 12.1 Å². The molecule has 1 aliphatic rings. The van der Waals surface area contributed by atoms with Crippen LogP contribution >= 0.6 is 12.4 Å². The van der Waals surface area contributed by atoms with Crippen molar-refractivity contribution in [3.05, 3.63) is 35.6 Å². The minimum atomic E-state index is -0.368. The summed E-state index contributed by atoms with van der Waals surface area (Å²) in [6, 6.07) is 5.85. The average Bonchev–Trinajstić information content (AvgIpc) is 2.38. The molecule has 3 nitrogen and oxygen atoms in total. The highest BCUT2D eigenvalue weighted by Gasteiger charge is 2.22. The van der Waals surface area contributed by atoms with Crippen molar-refractivity contribution in [1.82, 2.24) is 4.90 Å². The largest absolute Gasteiger partial charge is 0.339 e. The molecule has 0 bridgehead atoms. The Morgan fingerprint density at radius 1 is 1.39 bits per heavy atom. The van der Waals surface area contributed by atoms with Gasteiger partial charge in [0.1, 0.15) is 5.82 Å². The Hall–Kier alpha value is -1.13. The Balaban J connectivity index is 0.00000162. The second-order valence-electron chi connectivity index (χ2n) is 4.48. The van der Waals surface area contributed by atoms with E-state index >= 15 is 0 Å². The van der Waals surface area contributed by atoms with Crippen LogP contribution in [0.1, 0.15) is 23.2 Å². The number of benzene rings is 1. The Labute approximate surface area is 113 Å². The van der Waals surface area contributed by atoms with Crippen LogP contribution in [0.5, 0.6) is 0 Å². The van der Waals surface area contributed by atoms with E-state index < -0.39 is 0 Å². The molecule has 2 N–H and O–H groups in total. The summed E-state index contributed by atoms with van der Waals surface area (Å²) in [6.45, 7) is 2.12. The molecule has 18 heavy (non-hydrogen) atoms. The number of hydrogen-bond donors (Lipinski definition) is 1. The predicted octanol–water partition coefficient (Wildman–Crippen LogP) is 2.06. The molecule has 1 saturated heterocycles. The number of halogens is 2. The van der Waals surface area contributed by atoms with E-state index in [1.807, 2.05) is 0 Å². The third-order valence-electron chi connectivity index (χ3n) is 3.31. The maximum absolute atomic E-state index is 13.0. The first kappa shape index (κ1) is 14.9. The van der Waals surface area contributed by atoms with Gasteiger partial charge < -0.3 is 10.6 Å². The minimum absolute atomic E-state index is 0. The van der Waals surface area contributed by atoms with Crippen LogP contribution in [0.4, 0.5) is 4.39 Å². The van der Waals surface area contributed by atoms with E-state index in [0.717, 1.165) is 25.9 Å². The first-order chi connectivity index (χ1) is 8.20. The summed E-state index contributed by atoms with van der Waals surface area (Å²) in [5.74, 6) is 0.0687. The highest BCUT2D eigenvalue weighted by Crippen LogP contribution is 2.18. The lowest BCUT2D eigenvalue weighted by atomic mass is 9.96. The smallest absolute Gasteiger partial charge is 0.253 e. The minimum Gasteiger partial charge on any atom is -0.339 e. The summed E-state index contributed by atoms with van der Waals surface area (Å²) in [4.78, 5) is 13.9. The quantitative estimate of drug-likeness (QED) is 0.896. The van der Waals surface area contributed by atoms with Crippen LogP contribution in [0, 0.1) is 11.7 Å². The van der Waals surface area contributed by atoms with Crippen LogP contribution in [-0.2, 0) is 0 Å². The SMILES string of the molecule is Cl.NCC1CCN(C(=O)c2cccc(F)c2)CC1. The molecule has 0 aliphatic carbocycles. The number of amides is 1. The van der Waals surface area contributed by atoms with E-state index in [4.69, 9.17) is 5.73 Å². The molecule has 1 fully saturated rings. The van der Waals surface area contributed by atoms with Crippen LogP contribution < -0.4 is 5.73 Å². The van der Waals surface area contributed by atoms with Crippen molar-refractivity contribution in [3.8, 4) is 0 Å². The van der Waals surface area contributed by atoms with Gasteiger partial charge >= 0.3 is 0 Å². The average molecular weight is 273 g/mol. The zero-order chi connectivity index (χ0) is 12.3. The van der Waals surface area contributed by atoms with Crippen LogP contribution in [0.15, 0.2) is 24.3 Å². The highest BCUT2D eigenvalue weighted by molar-refractivity contribution is 5.94. The molecular formula is C13H18ClFN2O. The van der Waals surface area contributed by atoms with Gasteiger partial charge in [-0.25, -0.2) is 4.39 Å². The molecule has 1 aliphatic heterocycles.